The number of nitrogens with zero attached hydrogens (tertiary/aromatic N) is 2. The first-order valence-electron chi connectivity index (χ1n) is 6.26. The van der Waals surface area contributed by atoms with Crippen molar-refractivity contribution in [3.63, 3.8) is 0 Å². The molecule has 7 heteroatoms. The molecule has 0 spiro atoms. The van der Waals surface area contributed by atoms with Crippen LogP contribution in [0.2, 0.25) is 5.15 Å². The number of carbonyl (C=O) groups is 1. The molecule has 1 atom stereocenters. The van der Waals surface area contributed by atoms with Crippen molar-refractivity contribution in [2.45, 2.75) is 32.7 Å². The molecule has 19 heavy (non-hydrogen) atoms. The molecule has 1 aliphatic rings. The fraction of sp³-hybridized carbons (Fsp3) is 0.667. The van der Waals surface area contributed by atoms with Crippen LogP contribution < -0.4 is 0 Å². The highest BCUT2D eigenvalue weighted by Crippen LogP contribution is 2.30. The van der Waals surface area contributed by atoms with Gasteiger partial charge in [-0.15, -0.1) is 0 Å². The van der Waals surface area contributed by atoms with Crippen LogP contribution in [0.5, 0.6) is 0 Å². The number of halogens is 1. The van der Waals surface area contributed by atoms with Gasteiger partial charge in [-0.2, -0.15) is 5.10 Å². The summed E-state index contributed by atoms with van der Waals surface area (Å²) >= 11 is 6.16. The van der Waals surface area contributed by atoms with Crippen LogP contribution in [0.3, 0.4) is 0 Å². The van der Waals surface area contributed by atoms with Gasteiger partial charge in [-0.05, 0) is 18.8 Å². The van der Waals surface area contributed by atoms with Gasteiger partial charge in [-0.3, -0.25) is 4.79 Å². The largest absolute Gasteiger partial charge is 0.298 e. The molecule has 0 radical (unpaired) electrons. The Kier molecular flexibility index (Phi) is 4.01. The Hall–Kier alpha value is -0.880. The van der Waals surface area contributed by atoms with E-state index in [4.69, 9.17) is 11.6 Å². The Balaban J connectivity index is 2.37. The van der Waals surface area contributed by atoms with Crippen LogP contribution in [0.25, 0.3) is 0 Å². The van der Waals surface area contributed by atoms with Crippen molar-refractivity contribution in [1.29, 1.82) is 0 Å². The number of hydrogen-bond donors (Lipinski definition) is 0. The number of aldehydes is 1. The van der Waals surface area contributed by atoms with Gasteiger partial charge in [0, 0.05) is 0 Å². The molecule has 0 N–H and O–H groups in total. The Bertz CT molecular complexity index is 592. The molecule has 1 saturated heterocycles. The van der Waals surface area contributed by atoms with Gasteiger partial charge in [0.25, 0.3) is 0 Å². The van der Waals surface area contributed by atoms with Crippen molar-refractivity contribution < 1.29 is 13.2 Å². The van der Waals surface area contributed by atoms with Crippen molar-refractivity contribution >= 4 is 27.7 Å². The van der Waals surface area contributed by atoms with E-state index < -0.39 is 9.84 Å². The highest BCUT2D eigenvalue weighted by atomic mass is 35.5. The van der Waals surface area contributed by atoms with E-state index in [2.05, 4.69) is 5.10 Å². The normalized spacial score (nSPS) is 22.0. The van der Waals surface area contributed by atoms with E-state index in [0.717, 1.165) is 0 Å². The summed E-state index contributed by atoms with van der Waals surface area (Å²) in [5, 5.41) is 4.61. The zero-order valence-electron chi connectivity index (χ0n) is 11.0. The average Bonchev–Trinajstić information content (AvgIpc) is 2.79. The molecule has 2 heterocycles. The third-order valence-corrected chi connectivity index (χ3v) is 5.36. The molecule has 1 unspecified atom stereocenters. The zero-order valence-corrected chi connectivity index (χ0v) is 12.5. The molecule has 2 rings (SSSR count). The Labute approximate surface area is 117 Å². The Morgan fingerprint density at radius 3 is 2.68 bits per heavy atom. The lowest BCUT2D eigenvalue weighted by molar-refractivity contribution is 0.112. The van der Waals surface area contributed by atoms with Crippen molar-refractivity contribution in [1.82, 2.24) is 9.78 Å². The van der Waals surface area contributed by atoms with Gasteiger partial charge in [-0.25, -0.2) is 13.1 Å². The second-order valence-corrected chi connectivity index (χ2v) is 7.96. The SMILES string of the molecule is CC(C)Cc1nn(C2CCS(=O)(=O)C2)c(Cl)c1C=O. The lowest BCUT2D eigenvalue weighted by Crippen LogP contribution is -2.13. The van der Waals surface area contributed by atoms with Gasteiger partial charge in [0.1, 0.15) is 5.15 Å². The maximum absolute atomic E-state index is 11.5. The molecule has 1 aliphatic heterocycles. The molecule has 0 saturated carbocycles. The summed E-state index contributed by atoms with van der Waals surface area (Å²) in [6.07, 6.45) is 1.86. The summed E-state index contributed by atoms with van der Waals surface area (Å²) in [4.78, 5) is 11.1. The van der Waals surface area contributed by atoms with Crippen LogP contribution in [0.4, 0.5) is 0 Å². The predicted molar refractivity (Wildman–Crippen MR) is 73.5 cm³/mol. The average molecular weight is 305 g/mol. The smallest absolute Gasteiger partial charge is 0.155 e. The first-order chi connectivity index (χ1) is 8.84. The molecule has 1 aromatic rings. The van der Waals surface area contributed by atoms with Gasteiger partial charge < -0.3 is 0 Å². The van der Waals surface area contributed by atoms with Gasteiger partial charge in [0.2, 0.25) is 0 Å². The van der Waals surface area contributed by atoms with Gasteiger partial charge >= 0.3 is 0 Å². The number of carbonyl (C=O) groups excluding carboxylic acids is 1. The van der Waals surface area contributed by atoms with E-state index >= 15 is 0 Å². The maximum Gasteiger partial charge on any atom is 0.155 e. The highest BCUT2D eigenvalue weighted by molar-refractivity contribution is 7.91. The first kappa shape index (κ1) is 14.5. The topological polar surface area (TPSA) is 69.0 Å². The number of hydrogen-bond acceptors (Lipinski definition) is 4. The van der Waals surface area contributed by atoms with Crippen LogP contribution in [0.1, 0.15) is 42.4 Å². The minimum atomic E-state index is -3.00. The van der Waals surface area contributed by atoms with E-state index in [9.17, 15) is 13.2 Å². The van der Waals surface area contributed by atoms with Crippen LogP contribution in [0.15, 0.2) is 0 Å². The first-order valence-corrected chi connectivity index (χ1v) is 8.46. The molecular formula is C12H17ClN2O3S. The fourth-order valence-corrected chi connectivity index (χ4v) is 4.36. The molecule has 106 valence electrons. The lowest BCUT2D eigenvalue weighted by Gasteiger charge is -2.09. The standard InChI is InChI=1S/C12H17ClN2O3S/c1-8(2)5-11-10(6-16)12(13)15(14-11)9-3-4-19(17,18)7-9/h6,8-9H,3-5,7H2,1-2H3. The fourth-order valence-electron chi connectivity index (χ4n) is 2.33. The Morgan fingerprint density at radius 2 is 2.21 bits per heavy atom. The molecular weight excluding hydrogens is 288 g/mol. The molecule has 1 fully saturated rings. The third kappa shape index (κ3) is 3.00. The van der Waals surface area contributed by atoms with Crippen LogP contribution in [0, 0.1) is 5.92 Å². The van der Waals surface area contributed by atoms with Crippen molar-refractivity contribution in [2.75, 3.05) is 11.5 Å². The molecule has 0 aromatic carbocycles. The maximum atomic E-state index is 11.5. The van der Waals surface area contributed by atoms with Crippen molar-refractivity contribution in [3.05, 3.63) is 16.4 Å². The molecule has 0 amide bonds. The minimum absolute atomic E-state index is 0.0494. The van der Waals surface area contributed by atoms with Crippen LogP contribution >= 0.6 is 11.6 Å². The van der Waals surface area contributed by atoms with E-state index in [-0.39, 0.29) is 22.7 Å². The monoisotopic (exact) mass is 304 g/mol. The van der Waals surface area contributed by atoms with Crippen molar-refractivity contribution in [2.24, 2.45) is 5.92 Å². The second-order valence-electron chi connectivity index (χ2n) is 5.37. The molecule has 5 nitrogen and oxygen atoms in total. The van der Waals surface area contributed by atoms with Gasteiger partial charge in [0.05, 0.1) is 28.8 Å². The van der Waals surface area contributed by atoms with Crippen LogP contribution in [-0.2, 0) is 16.3 Å². The summed E-state index contributed by atoms with van der Waals surface area (Å²) < 4.78 is 24.5. The number of sulfone groups is 1. The third-order valence-electron chi connectivity index (χ3n) is 3.24. The quantitative estimate of drug-likeness (QED) is 0.797. The van der Waals surface area contributed by atoms with Gasteiger partial charge in [0.15, 0.2) is 16.1 Å². The highest BCUT2D eigenvalue weighted by Gasteiger charge is 2.32. The molecule has 0 aliphatic carbocycles. The number of rotatable bonds is 4. The predicted octanol–water partition coefficient (Wildman–Crippen LogP) is 1.91. The summed E-state index contributed by atoms with van der Waals surface area (Å²) in [7, 11) is -3.00. The summed E-state index contributed by atoms with van der Waals surface area (Å²) in [5.41, 5.74) is 1.04. The van der Waals surface area contributed by atoms with E-state index in [0.29, 0.717) is 36.3 Å². The van der Waals surface area contributed by atoms with Crippen LogP contribution in [-0.4, -0.2) is 36.0 Å². The van der Waals surface area contributed by atoms with E-state index in [1.54, 1.807) is 0 Å². The van der Waals surface area contributed by atoms with Gasteiger partial charge in [-0.1, -0.05) is 25.4 Å². The summed E-state index contributed by atoms with van der Waals surface area (Å²) in [6, 6.07) is -0.253. The van der Waals surface area contributed by atoms with Crippen molar-refractivity contribution in [3.8, 4) is 0 Å². The molecule has 0 bridgehead atoms. The Morgan fingerprint density at radius 1 is 1.53 bits per heavy atom. The molecule has 1 aromatic heterocycles. The zero-order chi connectivity index (χ0) is 14.2. The van der Waals surface area contributed by atoms with E-state index in [1.165, 1.54) is 4.68 Å². The second kappa shape index (κ2) is 5.25. The summed E-state index contributed by atoms with van der Waals surface area (Å²) in [6.45, 7) is 4.06. The lowest BCUT2D eigenvalue weighted by atomic mass is 10.1. The summed E-state index contributed by atoms with van der Waals surface area (Å²) in [5.74, 6) is 0.558. The van der Waals surface area contributed by atoms with E-state index in [1.807, 2.05) is 13.8 Å². The number of aromatic nitrogens is 2. The minimum Gasteiger partial charge on any atom is -0.298 e.